The van der Waals surface area contributed by atoms with Crippen molar-refractivity contribution < 1.29 is 9.53 Å². The molecule has 2 aromatic carbocycles. The normalized spacial score (nSPS) is 10.8. The highest BCUT2D eigenvalue weighted by Crippen LogP contribution is 2.33. The lowest BCUT2D eigenvalue weighted by atomic mass is 10.1. The SMILES string of the molecule is CCN(CC)c1ccc(C(=O)N(Cc2cccnc2)c2nc3cc(OC)ccc3s2)cc1. The van der Waals surface area contributed by atoms with Crippen molar-refractivity contribution in [2.45, 2.75) is 20.4 Å². The molecule has 0 spiro atoms. The summed E-state index contributed by atoms with van der Waals surface area (Å²) in [4.78, 5) is 26.5. The van der Waals surface area contributed by atoms with Crippen molar-refractivity contribution in [3.05, 3.63) is 78.1 Å². The third-order valence-corrected chi connectivity index (χ3v) is 6.43. The van der Waals surface area contributed by atoms with Crippen molar-refractivity contribution in [2.24, 2.45) is 0 Å². The zero-order valence-corrected chi connectivity index (χ0v) is 19.3. The zero-order chi connectivity index (χ0) is 22.5. The van der Waals surface area contributed by atoms with E-state index < -0.39 is 0 Å². The predicted octanol–water partition coefficient (Wildman–Crippen LogP) is 5.39. The molecule has 1 amide bonds. The van der Waals surface area contributed by atoms with Gasteiger partial charge in [-0.05, 0) is 61.9 Å². The zero-order valence-electron chi connectivity index (χ0n) is 18.5. The van der Waals surface area contributed by atoms with Gasteiger partial charge in [0.05, 0.1) is 23.9 Å². The van der Waals surface area contributed by atoms with Crippen LogP contribution in [0.4, 0.5) is 10.8 Å². The molecule has 164 valence electrons. The quantitative estimate of drug-likeness (QED) is 0.363. The van der Waals surface area contributed by atoms with Crippen LogP contribution in [0, 0.1) is 0 Å². The first-order valence-corrected chi connectivity index (χ1v) is 11.4. The highest BCUT2D eigenvalue weighted by molar-refractivity contribution is 7.22. The first kappa shape index (κ1) is 21.8. The second kappa shape index (κ2) is 9.78. The molecule has 0 fully saturated rings. The van der Waals surface area contributed by atoms with E-state index in [0.717, 1.165) is 40.3 Å². The molecule has 2 heterocycles. The number of nitrogens with zero attached hydrogens (tertiary/aromatic N) is 4. The van der Waals surface area contributed by atoms with Gasteiger partial charge in [0.2, 0.25) is 0 Å². The Bertz CT molecular complexity index is 1190. The van der Waals surface area contributed by atoms with Crippen LogP contribution >= 0.6 is 11.3 Å². The fraction of sp³-hybridized carbons (Fsp3) is 0.240. The number of thiazole rings is 1. The van der Waals surface area contributed by atoms with E-state index in [4.69, 9.17) is 9.72 Å². The highest BCUT2D eigenvalue weighted by atomic mass is 32.1. The van der Waals surface area contributed by atoms with E-state index in [0.29, 0.717) is 17.2 Å². The number of carbonyl (C=O) groups is 1. The van der Waals surface area contributed by atoms with Gasteiger partial charge >= 0.3 is 0 Å². The molecule has 0 atom stereocenters. The van der Waals surface area contributed by atoms with E-state index in [1.54, 1.807) is 24.4 Å². The predicted molar refractivity (Wildman–Crippen MR) is 131 cm³/mol. The fourth-order valence-electron chi connectivity index (χ4n) is 3.60. The molecule has 7 heteroatoms. The second-order valence-corrected chi connectivity index (χ2v) is 8.31. The van der Waals surface area contributed by atoms with Gasteiger partial charge in [-0.25, -0.2) is 4.98 Å². The first-order chi connectivity index (χ1) is 15.6. The van der Waals surface area contributed by atoms with E-state index in [1.165, 1.54) is 11.3 Å². The number of fused-ring (bicyclic) bond motifs is 1. The van der Waals surface area contributed by atoms with Crippen LogP contribution in [-0.2, 0) is 6.54 Å². The van der Waals surface area contributed by atoms with Crippen molar-refractivity contribution in [3.8, 4) is 5.75 Å². The lowest BCUT2D eigenvalue weighted by molar-refractivity contribution is 0.0985. The van der Waals surface area contributed by atoms with E-state index in [9.17, 15) is 4.79 Å². The lowest BCUT2D eigenvalue weighted by Crippen LogP contribution is -2.30. The van der Waals surface area contributed by atoms with E-state index in [-0.39, 0.29) is 5.91 Å². The molecule has 0 aliphatic heterocycles. The average Bonchev–Trinajstić information content (AvgIpc) is 3.27. The van der Waals surface area contributed by atoms with Crippen molar-refractivity contribution in [3.63, 3.8) is 0 Å². The summed E-state index contributed by atoms with van der Waals surface area (Å²) in [6.45, 7) is 6.49. The Morgan fingerprint density at radius 1 is 1.06 bits per heavy atom. The third kappa shape index (κ3) is 4.57. The second-order valence-electron chi connectivity index (χ2n) is 7.30. The number of methoxy groups -OCH3 is 1. The molecule has 6 nitrogen and oxygen atoms in total. The molecule has 4 aromatic rings. The Morgan fingerprint density at radius 2 is 1.84 bits per heavy atom. The number of hydrogen-bond acceptors (Lipinski definition) is 6. The Balaban J connectivity index is 1.70. The molecule has 0 aliphatic rings. The van der Waals surface area contributed by atoms with Crippen molar-refractivity contribution in [1.29, 1.82) is 0 Å². The van der Waals surface area contributed by atoms with Gasteiger partial charge in [-0.2, -0.15) is 0 Å². The maximum absolute atomic E-state index is 13.6. The van der Waals surface area contributed by atoms with Gasteiger partial charge in [0.15, 0.2) is 5.13 Å². The van der Waals surface area contributed by atoms with Gasteiger partial charge < -0.3 is 9.64 Å². The minimum Gasteiger partial charge on any atom is -0.497 e. The largest absolute Gasteiger partial charge is 0.497 e. The average molecular weight is 447 g/mol. The number of carbonyl (C=O) groups excluding carboxylic acids is 1. The first-order valence-electron chi connectivity index (χ1n) is 10.6. The molecule has 0 bridgehead atoms. The molecule has 4 rings (SSSR count). The van der Waals surface area contributed by atoms with Crippen LogP contribution in [0.25, 0.3) is 10.2 Å². The number of rotatable bonds is 8. The smallest absolute Gasteiger partial charge is 0.260 e. The molecule has 0 saturated heterocycles. The Kier molecular flexibility index (Phi) is 6.66. The summed E-state index contributed by atoms with van der Waals surface area (Å²) in [5.41, 5.74) is 3.49. The van der Waals surface area contributed by atoms with Crippen LogP contribution in [0.1, 0.15) is 29.8 Å². The van der Waals surface area contributed by atoms with Gasteiger partial charge in [-0.1, -0.05) is 17.4 Å². The Hall–Kier alpha value is -3.45. The van der Waals surface area contributed by atoms with Crippen molar-refractivity contribution >= 4 is 38.3 Å². The molecular formula is C25H26N4O2S. The van der Waals surface area contributed by atoms with Crippen LogP contribution in [0.2, 0.25) is 0 Å². The van der Waals surface area contributed by atoms with Crippen molar-refractivity contribution in [1.82, 2.24) is 9.97 Å². The fourth-order valence-corrected chi connectivity index (χ4v) is 4.54. The standard InChI is InChI=1S/C25H26N4O2S/c1-4-28(5-2)20-10-8-19(9-11-20)24(30)29(17-18-7-6-14-26-16-18)25-27-22-15-21(31-3)12-13-23(22)32-25/h6-16H,4-5,17H2,1-3H3. The van der Waals surface area contributed by atoms with Crippen LogP contribution in [0.5, 0.6) is 5.75 Å². The van der Waals surface area contributed by atoms with Gasteiger partial charge in [0.25, 0.3) is 5.91 Å². The summed E-state index contributed by atoms with van der Waals surface area (Å²) in [7, 11) is 1.63. The monoisotopic (exact) mass is 446 g/mol. The van der Waals surface area contributed by atoms with Gasteiger partial charge in [-0.15, -0.1) is 0 Å². The summed E-state index contributed by atoms with van der Waals surface area (Å²) in [6.07, 6.45) is 3.51. The van der Waals surface area contributed by atoms with Crippen LogP contribution < -0.4 is 14.5 Å². The summed E-state index contributed by atoms with van der Waals surface area (Å²) in [6, 6.07) is 17.4. The van der Waals surface area contributed by atoms with Crippen LogP contribution in [-0.4, -0.2) is 36.1 Å². The minimum absolute atomic E-state index is 0.0917. The molecular weight excluding hydrogens is 420 g/mol. The minimum atomic E-state index is -0.0917. The van der Waals surface area contributed by atoms with Gasteiger partial charge in [-0.3, -0.25) is 14.7 Å². The number of aromatic nitrogens is 2. The Morgan fingerprint density at radius 3 is 2.50 bits per heavy atom. The summed E-state index contributed by atoms with van der Waals surface area (Å²) >= 11 is 1.49. The number of hydrogen-bond donors (Lipinski definition) is 0. The van der Waals surface area contributed by atoms with Gasteiger partial charge in [0.1, 0.15) is 5.75 Å². The molecule has 0 radical (unpaired) electrons. The third-order valence-electron chi connectivity index (χ3n) is 5.37. The highest BCUT2D eigenvalue weighted by Gasteiger charge is 2.22. The summed E-state index contributed by atoms with van der Waals surface area (Å²) < 4.78 is 6.33. The molecule has 0 N–H and O–H groups in total. The number of benzene rings is 2. The molecule has 0 unspecified atom stereocenters. The van der Waals surface area contributed by atoms with Crippen LogP contribution in [0.15, 0.2) is 67.0 Å². The molecule has 32 heavy (non-hydrogen) atoms. The molecule has 2 aromatic heterocycles. The number of amides is 1. The van der Waals surface area contributed by atoms with E-state index in [1.807, 2.05) is 54.6 Å². The van der Waals surface area contributed by atoms with E-state index >= 15 is 0 Å². The topological polar surface area (TPSA) is 58.6 Å². The number of pyridine rings is 1. The van der Waals surface area contributed by atoms with Gasteiger partial charge in [0, 0.05) is 42.8 Å². The van der Waals surface area contributed by atoms with E-state index in [2.05, 4.69) is 23.7 Å². The lowest BCUT2D eigenvalue weighted by Gasteiger charge is -2.22. The maximum atomic E-state index is 13.6. The molecule has 0 aliphatic carbocycles. The van der Waals surface area contributed by atoms with Crippen LogP contribution in [0.3, 0.4) is 0 Å². The number of ether oxygens (including phenoxy) is 1. The maximum Gasteiger partial charge on any atom is 0.260 e. The number of anilines is 2. The molecule has 0 saturated carbocycles. The summed E-state index contributed by atoms with van der Waals surface area (Å²) in [5.74, 6) is 0.650. The van der Waals surface area contributed by atoms with Crippen molar-refractivity contribution in [2.75, 3.05) is 30.0 Å². The Labute approximate surface area is 192 Å². The summed E-state index contributed by atoms with van der Waals surface area (Å²) in [5, 5.41) is 0.648.